The van der Waals surface area contributed by atoms with Crippen LogP contribution in [0.1, 0.15) is 27.2 Å². The highest BCUT2D eigenvalue weighted by molar-refractivity contribution is 5.78. The van der Waals surface area contributed by atoms with Crippen LogP contribution in [0.5, 0.6) is 0 Å². The first kappa shape index (κ1) is 15.4. The molecule has 0 spiro atoms. The Balaban J connectivity index is 2.04. The predicted molar refractivity (Wildman–Crippen MR) is 72.6 cm³/mol. The van der Waals surface area contributed by atoms with Crippen molar-refractivity contribution in [3.8, 4) is 0 Å². The summed E-state index contributed by atoms with van der Waals surface area (Å²) in [7, 11) is 0. The molecule has 106 valence electrons. The van der Waals surface area contributed by atoms with E-state index < -0.39 is 0 Å². The van der Waals surface area contributed by atoms with E-state index in [1.165, 1.54) is 0 Å². The minimum absolute atomic E-state index is 0.0730. The first-order valence-corrected chi connectivity index (χ1v) is 6.85. The van der Waals surface area contributed by atoms with Crippen LogP contribution in [0.15, 0.2) is 0 Å². The van der Waals surface area contributed by atoms with Crippen LogP contribution in [0.2, 0.25) is 0 Å². The number of hydrogen-bond donors (Lipinski definition) is 2. The second kappa shape index (κ2) is 7.71. The lowest BCUT2D eigenvalue weighted by atomic mass is 10.0. The third-order valence-corrected chi connectivity index (χ3v) is 3.36. The number of rotatable bonds is 7. The van der Waals surface area contributed by atoms with E-state index in [-0.39, 0.29) is 11.4 Å². The van der Waals surface area contributed by atoms with E-state index in [2.05, 4.69) is 22.5 Å². The van der Waals surface area contributed by atoms with Gasteiger partial charge in [-0.1, -0.05) is 6.92 Å². The Morgan fingerprint density at radius 1 is 1.33 bits per heavy atom. The van der Waals surface area contributed by atoms with Crippen molar-refractivity contribution in [3.05, 3.63) is 0 Å². The monoisotopic (exact) mass is 257 g/mol. The molecule has 0 radical (unpaired) electrons. The maximum atomic E-state index is 11.7. The van der Waals surface area contributed by atoms with Crippen molar-refractivity contribution >= 4 is 5.91 Å². The molecule has 0 atom stereocenters. The van der Waals surface area contributed by atoms with Crippen molar-refractivity contribution in [2.75, 3.05) is 45.9 Å². The molecule has 0 saturated carbocycles. The normalized spacial score (nSPS) is 17.7. The molecule has 1 amide bonds. The number of carbonyl (C=O) groups is 1. The lowest BCUT2D eigenvalue weighted by molar-refractivity contribution is -0.121. The van der Waals surface area contributed by atoms with Gasteiger partial charge in [0, 0.05) is 31.7 Å². The van der Waals surface area contributed by atoms with Crippen molar-refractivity contribution in [1.82, 2.24) is 15.5 Å². The summed E-state index contributed by atoms with van der Waals surface area (Å²) in [5.74, 6) is 0.0730. The van der Waals surface area contributed by atoms with E-state index in [1.807, 2.05) is 13.8 Å². The third kappa shape index (κ3) is 6.33. The maximum Gasteiger partial charge on any atom is 0.234 e. The number of ether oxygens (including phenoxy) is 1. The van der Waals surface area contributed by atoms with Gasteiger partial charge in [-0.05, 0) is 20.3 Å². The molecule has 0 aliphatic carbocycles. The quantitative estimate of drug-likeness (QED) is 0.640. The molecule has 1 heterocycles. The van der Waals surface area contributed by atoms with Crippen LogP contribution in [0, 0.1) is 0 Å². The van der Waals surface area contributed by atoms with Gasteiger partial charge in [0.2, 0.25) is 5.91 Å². The number of nitrogens with zero attached hydrogens (tertiary/aromatic N) is 1. The zero-order valence-corrected chi connectivity index (χ0v) is 11.9. The van der Waals surface area contributed by atoms with Crippen LogP contribution in [0.4, 0.5) is 0 Å². The Hall–Kier alpha value is -0.650. The van der Waals surface area contributed by atoms with Crippen LogP contribution >= 0.6 is 0 Å². The summed E-state index contributed by atoms with van der Waals surface area (Å²) in [6.45, 7) is 12.0. The summed E-state index contributed by atoms with van der Waals surface area (Å²) >= 11 is 0. The molecule has 18 heavy (non-hydrogen) atoms. The molecule has 1 saturated heterocycles. The first-order valence-electron chi connectivity index (χ1n) is 6.85. The van der Waals surface area contributed by atoms with E-state index in [0.717, 1.165) is 45.8 Å². The van der Waals surface area contributed by atoms with Crippen molar-refractivity contribution in [1.29, 1.82) is 0 Å². The minimum atomic E-state index is -0.108. The summed E-state index contributed by atoms with van der Waals surface area (Å²) in [5, 5.41) is 6.19. The van der Waals surface area contributed by atoms with Gasteiger partial charge in [0.15, 0.2) is 0 Å². The molecule has 5 heteroatoms. The van der Waals surface area contributed by atoms with E-state index in [9.17, 15) is 4.79 Å². The molecule has 2 N–H and O–H groups in total. The van der Waals surface area contributed by atoms with E-state index >= 15 is 0 Å². The Kier molecular flexibility index (Phi) is 6.60. The van der Waals surface area contributed by atoms with E-state index in [1.54, 1.807) is 0 Å². The highest BCUT2D eigenvalue weighted by atomic mass is 16.5. The largest absolute Gasteiger partial charge is 0.379 e. The molecule has 0 aromatic rings. The van der Waals surface area contributed by atoms with Crippen molar-refractivity contribution in [2.24, 2.45) is 0 Å². The highest BCUT2D eigenvalue weighted by Crippen LogP contribution is 2.05. The topological polar surface area (TPSA) is 53.6 Å². The summed E-state index contributed by atoms with van der Waals surface area (Å²) in [5.41, 5.74) is -0.108. The zero-order valence-electron chi connectivity index (χ0n) is 11.9. The molecule has 1 aliphatic heterocycles. The number of amides is 1. The Morgan fingerprint density at radius 3 is 2.61 bits per heavy atom. The number of hydrogen-bond acceptors (Lipinski definition) is 4. The molecular weight excluding hydrogens is 230 g/mol. The summed E-state index contributed by atoms with van der Waals surface area (Å²) in [6, 6.07) is 0. The highest BCUT2D eigenvalue weighted by Gasteiger charge is 2.17. The number of morpholine rings is 1. The minimum Gasteiger partial charge on any atom is -0.379 e. The zero-order chi connectivity index (χ0) is 13.4. The average Bonchev–Trinajstić information content (AvgIpc) is 2.35. The fourth-order valence-corrected chi connectivity index (χ4v) is 1.77. The molecule has 1 fully saturated rings. The van der Waals surface area contributed by atoms with Crippen molar-refractivity contribution in [2.45, 2.75) is 32.7 Å². The molecular formula is C13H27N3O2. The molecule has 5 nitrogen and oxygen atoms in total. The van der Waals surface area contributed by atoms with Crippen LogP contribution in [-0.2, 0) is 9.53 Å². The van der Waals surface area contributed by atoms with Gasteiger partial charge in [-0.2, -0.15) is 0 Å². The van der Waals surface area contributed by atoms with Crippen LogP contribution < -0.4 is 10.6 Å². The Bertz CT molecular complexity index is 251. The van der Waals surface area contributed by atoms with Gasteiger partial charge in [-0.15, -0.1) is 0 Å². The van der Waals surface area contributed by atoms with Gasteiger partial charge >= 0.3 is 0 Å². The van der Waals surface area contributed by atoms with Crippen LogP contribution in [0.25, 0.3) is 0 Å². The lowest BCUT2D eigenvalue weighted by Gasteiger charge is -2.27. The molecule has 0 bridgehead atoms. The van der Waals surface area contributed by atoms with E-state index in [4.69, 9.17) is 4.74 Å². The average molecular weight is 257 g/mol. The van der Waals surface area contributed by atoms with Gasteiger partial charge < -0.3 is 15.4 Å². The Morgan fingerprint density at radius 2 is 2.00 bits per heavy atom. The third-order valence-electron chi connectivity index (χ3n) is 3.36. The standard InChI is InChI=1S/C13H27N3O2/c1-4-13(2,3)15-12(17)11-14-5-6-16-7-9-18-10-8-16/h14H,4-11H2,1-3H3,(H,15,17). The summed E-state index contributed by atoms with van der Waals surface area (Å²) in [6.07, 6.45) is 0.937. The van der Waals surface area contributed by atoms with Gasteiger partial charge in [0.25, 0.3) is 0 Å². The van der Waals surface area contributed by atoms with Crippen molar-refractivity contribution < 1.29 is 9.53 Å². The van der Waals surface area contributed by atoms with Gasteiger partial charge in [0.1, 0.15) is 0 Å². The fourth-order valence-electron chi connectivity index (χ4n) is 1.77. The lowest BCUT2D eigenvalue weighted by Crippen LogP contribution is -2.47. The second-order valence-electron chi connectivity index (χ2n) is 5.42. The molecule has 1 aliphatic rings. The predicted octanol–water partition coefficient (Wildman–Crippen LogP) is 0.213. The molecule has 0 aromatic heterocycles. The summed E-state index contributed by atoms with van der Waals surface area (Å²) in [4.78, 5) is 14.0. The van der Waals surface area contributed by atoms with Crippen LogP contribution in [0.3, 0.4) is 0 Å². The smallest absolute Gasteiger partial charge is 0.234 e. The SMILES string of the molecule is CCC(C)(C)NC(=O)CNCCN1CCOCC1. The van der Waals surface area contributed by atoms with E-state index in [0.29, 0.717) is 6.54 Å². The fraction of sp³-hybridized carbons (Fsp3) is 0.923. The molecule has 1 rings (SSSR count). The van der Waals surface area contributed by atoms with Crippen molar-refractivity contribution in [3.63, 3.8) is 0 Å². The van der Waals surface area contributed by atoms with Crippen LogP contribution in [-0.4, -0.2) is 62.3 Å². The van der Waals surface area contributed by atoms with Gasteiger partial charge in [0.05, 0.1) is 19.8 Å². The summed E-state index contributed by atoms with van der Waals surface area (Å²) < 4.78 is 5.29. The molecule has 0 aromatic carbocycles. The Labute approximate surface area is 110 Å². The first-order chi connectivity index (χ1) is 8.53. The second-order valence-corrected chi connectivity index (χ2v) is 5.42. The van der Waals surface area contributed by atoms with Gasteiger partial charge in [-0.25, -0.2) is 0 Å². The number of nitrogens with one attached hydrogen (secondary N) is 2. The van der Waals surface area contributed by atoms with Gasteiger partial charge in [-0.3, -0.25) is 9.69 Å². The molecule has 0 unspecified atom stereocenters. The maximum absolute atomic E-state index is 11.7. The number of carbonyl (C=O) groups excluding carboxylic acids is 1.